The minimum Gasteiger partial charge on any atom is -0.490 e. The number of hydrogen-bond donors (Lipinski definition) is 0. The van der Waals surface area contributed by atoms with Gasteiger partial charge in [-0.05, 0) is 117 Å². The summed E-state index contributed by atoms with van der Waals surface area (Å²) in [4.78, 5) is 29.5. The third-order valence-electron chi connectivity index (χ3n) is 9.44. The Balaban J connectivity index is 1.16. The average molecular weight is 633 g/mol. The number of rotatable bonds is 9. The number of carbonyl (C=O) groups excluding carboxylic acids is 1. The lowest BCUT2D eigenvalue weighted by Crippen LogP contribution is -2.47. The van der Waals surface area contributed by atoms with Crippen molar-refractivity contribution in [3.8, 4) is 33.9 Å². The van der Waals surface area contributed by atoms with E-state index in [0.29, 0.717) is 37.4 Å². The van der Waals surface area contributed by atoms with Gasteiger partial charge in [0.15, 0.2) is 5.43 Å². The number of ether oxygens (including phenoxy) is 2. The zero-order valence-corrected chi connectivity index (χ0v) is 28.4. The Morgan fingerprint density at radius 2 is 1.40 bits per heavy atom. The second-order valence-electron chi connectivity index (χ2n) is 13.0. The van der Waals surface area contributed by atoms with E-state index in [4.69, 9.17) is 13.9 Å². The van der Waals surface area contributed by atoms with Crippen LogP contribution < -0.4 is 14.9 Å². The zero-order chi connectivity index (χ0) is 33.2. The van der Waals surface area contributed by atoms with Crippen LogP contribution in [0.5, 0.6) is 11.5 Å². The standard InChI is InChI=1S/C40H44N2O5/c1-25-7-9-30(10-12-39(44)42-15-13-41(6)14-16-42)22-35(25)45-17-18-46-36-23-31(11-8-26(36)2)40-32-19-27(3)28(4)21-37(32)47-38-24-34(43)29(5)20-33(38)40/h7-9,11,19-24H,10,12-18H2,1-6H3. The molecular formula is C40H44N2O5. The van der Waals surface area contributed by atoms with Crippen molar-refractivity contribution >= 4 is 16.9 Å². The quantitative estimate of drug-likeness (QED) is 0.126. The van der Waals surface area contributed by atoms with E-state index in [1.54, 1.807) is 6.07 Å². The summed E-state index contributed by atoms with van der Waals surface area (Å²) < 4.78 is 18.8. The predicted octanol–water partition coefficient (Wildman–Crippen LogP) is 7.27. The minimum absolute atomic E-state index is 0.0387. The summed E-state index contributed by atoms with van der Waals surface area (Å²) in [6.07, 6.45) is 1.19. The monoisotopic (exact) mass is 632 g/mol. The van der Waals surface area contributed by atoms with E-state index >= 15 is 0 Å². The van der Waals surface area contributed by atoms with Crippen molar-refractivity contribution in [1.82, 2.24) is 9.80 Å². The summed E-state index contributed by atoms with van der Waals surface area (Å²) in [5, 5.41) is 0.998. The first kappa shape index (κ1) is 32.3. The molecule has 0 unspecified atom stereocenters. The fourth-order valence-corrected chi connectivity index (χ4v) is 6.23. The Hall–Kier alpha value is -4.62. The van der Waals surface area contributed by atoms with Gasteiger partial charge < -0.3 is 23.7 Å². The summed E-state index contributed by atoms with van der Waals surface area (Å²) in [6, 6.07) is 20.2. The van der Waals surface area contributed by atoms with E-state index in [-0.39, 0.29) is 11.3 Å². The van der Waals surface area contributed by atoms with Crippen molar-refractivity contribution in [3.63, 3.8) is 0 Å². The number of piperazine rings is 1. The van der Waals surface area contributed by atoms with Crippen molar-refractivity contribution in [3.05, 3.63) is 104 Å². The van der Waals surface area contributed by atoms with Crippen LogP contribution in [-0.2, 0) is 11.2 Å². The molecule has 2 heterocycles. The number of carbonyl (C=O) groups is 1. The van der Waals surface area contributed by atoms with Gasteiger partial charge in [0, 0.05) is 55.2 Å². The fourth-order valence-electron chi connectivity index (χ4n) is 6.23. The molecule has 2 aliphatic heterocycles. The number of likely N-dealkylation sites (N-methyl/N-ethyl adjacent to an activating group) is 1. The SMILES string of the molecule is Cc1cc2oc3cc(=O)c(C)cc-3c(-c3ccc(C)c(OCCOc4cc(CCC(=O)N5CCN(C)CC5)ccc4C)c3)c2cc1C. The molecule has 0 N–H and O–H groups in total. The molecule has 0 spiro atoms. The maximum Gasteiger partial charge on any atom is 0.222 e. The van der Waals surface area contributed by atoms with Crippen molar-refractivity contribution in [2.24, 2.45) is 0 Å². The van der Waals surface area contributed by atoms with Gasteiger partial charge >= 0.3 is 0 Å². The van der Waals surface area contributed by atoms with Gasteiger partial charge in [-0.25, -0.2) is 0 Å². The summed E-state index contributed by atoms with van der Waals surface area (Å²) in [5.74, 6) is 2.38. The molecule has 1 fully saturated rings. The smallest absolute Gasteiger partial charge is 0.222 e. The third kappa shape index (κ3) is 7.05. The van der Waals surface area contributed by atoms with Gasteiger partial charge in [-0.3, -0.25) is 9.59 Å². The fraction of sp³-hybridized carbons (Fsp3) is 0.350. The van der Waals surface area contributed by atoms with Crippen molar-refractivity contribution in [2.45, 2.75) is 47.5 Å². The summed E-state index contributed by atoms with van der Waals surface area (Å²) in [5.41, 5.74) is 9.77. The van der Waals surface area contributed by atoms with E-state index in [9.17, 15) is 9.59 Å². The summed E-state index contributed by atoms with van der Waals surface area (Å²) in [7, 11) is 2.09. The molecule has 0 saturated carbocycles. The molecule has 1 amide bonds. The van der Waals surface area contributed by atoms with Crippen LogP contribution in [0.3, 0.4) is 0 Å². The van der Waals surface area contributed by atoms with Crippen LogP contribution in [0, 0.1) is 34.6 Å². The predicted molar refractivity (Wildman–Crippen MR) is 188 cm³/mol. The van der Waals surface area contributed by atoms with E-state index in [2.05, 4.69) is 62.2 Å². The van der Waals surface area contributed by atoms with Gasteiger partial charge in [-0.1, -0.05) is 24.3 Å². The Bertz CT molecular complexity index is 1970. The number of fused-ring (bicyclic) bond motifs is 2. The van der Waals surface area contributed by atoms with E-state index in [1.165, 1.54) is 5.56 Å². The normalized spacial score (nSPS) is 13.8. The third-order valence-corrected chi connectivity index (χ3v) is 9.44. The lowest BCUT2D eigenvalue weighted by Gasteiger charge is -2.32. The van der Waals surface area contributed by atoms with Gasteiger partial charge in [0.1, 0.15) is 36.1 Å². The first-order valence-electron chi connectivity index (χ1n) is 16.5. The molecule has 244 valence electrons. The first-order chi connectivity index (χ1) is 22.6. The summed E-state index contributed by atoms with van der Waals surface area (Å²) in [6.45, 7) is 14.3. The Morgan fingerprint density at radius 3 is 2.13 bits per heavy atom. The number of aryl methyl sites for hydroxylation is 6. The van der Waals surface area contributed by atoms with Gasteiger partial charge in [-0.15, -0.1) is 0 Å². The number of benzene rings is 4. The largest absolute Gasteiger partial charge is 0.490 e. The van der Waals surface area contributed by atoms with Crippen LogP contribution in [0.4, 0.5) is 0 Å². The van der Waals surface area contributed by atoms with Crippen LogP contribution in [0.1, 0.15) is 39.8 Å². The topological polar surface area (TPSA) is 72.2 Å². The number of nitrogens with zero attached hydrogens (tertiary/aromatic N) is 2. The summed E-state index contributed by atoms with van der Waals surface area (Å²) >= 11 is 0. The Labute approximate surface area is 277 Å². The van der Waals surface area contributed by atoms with Crippen LogP contribution in [0.25, 0.3) is 33.4 Å². The van der Waals surface area contributed by atoms with E-state index in [0.717, 1.165) is 87.6 Å². The van der Waals surface area contributed by atoms with Gasteiger partial charge in [-0.2, -0.15) is 0 Å². The van der Waals surface area contributed by atoms with Gasteiger partial charge in [0.05, 0.1) is 0 Å². The van der Waals surface area contributed by atoms with Crippen LogP contribution in [-0.4, -0.2) is 62.1 Å². The zero-order valence-electron chi connectivity index (χ0n) is 28.4. The molecule has 3 aromatic rings. The molecule has 6 rings (SSSR count). The number of amides is 1. The molecule has 3 aliphatic rings. The van der Waals surface area contributed by atoms with Gasteiger partial charge in [0.2, 0.25) is 5.91 Å². The molecule has 47 heavy (non-hydrogen) atoms. The lowest BCUT2D eigenvalue weighted by atomic mass is 9.91. The van der Waals surface area contributed by atoms with Gasteiger partial charge in [0.25, 0.3) is 0 Å². The van der Waals surface area contributed by atoms with Crippen LogP contribution >= 0.6 is 0 Å². The molecule has 3 aromatic carbocycles. The van der Waals surface area contributed by atoms with Crippen molar-refractivity contribution in [2.75, 3.05) is 46.4 Å². The van der Waals surface area contributed by atoms with E-state index in [1.807, 2.05) is 43.9 Å². The molecular weight excluding hydrogens is 588 g/mol. The highest BCUT2D eigenvalue weighted by atomic mass is 16.5. The molecule has 7 nitrogen and oxygen atoms in total. The highest BCUT2D eigenvalue weighted by molar-refractivity contribution is 6.02. The second kappa shape index (κ2) is 13.6. The molecule has 1 aliphatic carbocycles. The lowest BCUT2D eigenvalue weighted by molar-refractivity contribution is -0.132. The highest BCUT2D eigenvalue weighted by Gasteiger charge is 2.21. The van der Waals surface area contributed by atoms with Crippen molar-refractivity contribution in [1.29, 1.82) is 0 Å². The molecule has 0 atom stereocenters. The molecule has 7 heteroatoms. The Morgan fingerprint density at radius 1 is 0.745 bits per heavy atom. The average Bonchev–Trinajstić information content (AvgIpc) is 3.05. The molecule has 0 aromatic heterocycles. The second-order valence-corrected chi connectivity index (χ2v) is 13.0. The minimum atomic E-state index is -0.0387. The van der Waals surface area contributed by atoms with Crippen LogP contribution in [0.2, 0.25) is 0 Å². The maximum absolute atomic E-state index is 12.7. The maximum atomic E-state index is 12.7. The molecule has 1 saturated heterocycles. The molecule has 0 bridgehead atoms. The molecule has 0 radical (unpaired) electrons. The Kier molecular flexibility index (Phi) is 9.37. The number of hydrogen-bond acceptors (Lipinski definition) is 6. The first-order valence-corrected chi connectivity index (χ1v) is 16.5. The highest BCUT2D eigenvalue weighted by Crippen LogP contribution is 2.42. The van der Waals surface area contributed by atoms with Crippen LogP contribution in [0.15, 0.2) is 69.9 Å². The van der Waals surface area contributed by atoms with Crippen molar-refractivity contribution < 1.29 is 18.7 Å². The van der Waals surface area contributed by atoms with E-state index < -0.39 is 0 Å².